The number of hydrazone groups is 1. The average Bonchev–Trinajstić information content (AvgIpc) is 2.43. The van der Waals surface area contributed by atoms with Gasteiger partial charge in [0.25, 0.3) is 0 Å². The molecule has 0 heterocycles. The van der Waals surface area contributed by atoms with Crippen molar-refractivity contribution in [2.24, 2.45) is 11.0 Å². The Hall–Kier alpha value is -2.17. The molecule has 1 aromatic carbocycles. The molecule has 0 aliphatic rings. The largest absolute Gasteiger partial charge is 0.326 e. The van der Waals surface area contributed by atoms with Gasteiger partial charge in [-0.15, -0.1) is 0 Å². The Balaban J connectivity index is 2.28. The number of hydrogen-bond acceptors (Lipinski definition) is 3. The molecule has 0 unspecified atom stereocenters. The lowest BCUT2D eigenvalue weighted by Gasteiger charge is -2.06. The molecule has 21 heavy (non-hydrogen) atoms. The first-order chi connectivity index (χ1) is 9.97. The van der Waals surface area contributed by atoms with Crippen LogP contribution in [0.15, 0.2) is 35.4 Å². The summed E-state index contributed by atoms with van der Waals surface area (Å²) in [6.07, 6.45) is 1.10. The Labute approximate surface area is 125 Å². The molecule has 1 rings (SSSR count). The van der Waals surface area contributed by atoms with E-state index < -0.39 is 0 Å². The molecule has 114 valence electrons. The Kier molecular flexibility index (Phi) is 7.15. The summed E-state index contributed by atoms with van der Waals surface area (Å²) < 4.78 is 0. The van der Waals surface area contributed by atoms with E-state index in [0.29, 0.717) is 5.92 Å². The van der Waals surface area contributed by atoms with Crippen LogP contribution in [0.25, 0.3) is 0 Å². The standard InChI is InChI=1S/C16H23N3O2/c1-12(2)11-13(3)18-19-16(21)10-9-15(20)17-14-7-5-4-6-8-14/h4-8,12H,9-11H2,1-3H3,(H,17,20)(H,19,21). The lowest BCUT2D eigenvalue weighted by molar-refractivity contribution is -0.124. The normalized spacial score (nSPS) is 11.3. The van der Waals surface area contributed by atoms with Crippen LogP contribution in [0.3, 0.4) is 0 Å². The van der Waals surface area contributed by atoms with Gasteiger partial charge in [-0.25, -0.2) is 5.43 Å². The van der Waals surface area contributed by atoms with E-state index in [1.165, 1.54) is 0 Å². The Bertz CT molecular complexity index is 496. The van der Waals surface area contributed by atoms with Gasteiger partial charge in [-0.3, -0.25) is 9.59 Å². The van der Waals surface area contributed by atoms with E-state index in [1.54, 1.807) is 12.1 Å². The number of carbonyl (C=O) groups excluding carboxylic acids is 2. The van der Waals surface area contributed by atoms with Gasteiger partial charge < -0.3 is 5.32 Å². The molecule has 0 saturated carbocycles. The van der Waals surface area contributed by atoms with Crippen molar-refractivity contribution in [2.75, 3.05) is 5.32 Å². The van der Waals surface area contributed by atoms with Crippen LogP contribution < -0.4 is 10.7 Å². The van der Waals surface area contributed by atoms with Gasteiger partial charge in [-0.1, -0.05) is 32.0 Å². The number of nitrogens with zero attached hydrogens (tertiary/aromatic N) is 1. The van der Waals surface area contributed by atoms with Crippen molar-refractivity contribution < 1.29 is 9.59 Å². The van der Waals surface area contributed by atoms with E-state index >= 15 is 0 Å². The minimum atomic E-state index is -0.249. The van der Waals surface area contributed by atoms with Crippen molar-refractivity contribution in [1.29, 1.82) is 0 Å². The fraction of sp³-hybridized carbons (Fsp3) is 0.438. The van der Waals surface area contributed by atoms with E-state index in [0.717, 1.165) is 17.8 Å². The number of para-hydroxylation sites is 1. The summed E-state index contributed by atoms with van der Waals surface area (Å²) in [5.74, 6) is 0.0721. The predicted octanol–water partition coefficient (Wildman–Crippen LogP) is 2.94. The second-order valence-electron chi connectivity index (χ2n) is 5.39. The predicted molar refractivity (Wildman–Crippen MR) is 85.0 cm³/mol. The van der Waals surface area contributed by atoms with Crippen LogP contribution in [0, 0.1) is 5.92 Å². The van der Waals surface area contributed by atoms with E-state index in [4.69, 9.17) is 0 Å². The molecule has 0 aromatic heterocycles. The Morgan fingerprint density at radius 2 is 1.71 bits per heavy atom. The van der Waals surface area contributed by atoms with Crippen LogP contribution in [0.2, 0.25) is 0 Å². The first-order valence-electron chi connectivity index (χ1n) is 7.14. The number of rotatable bonds is 7. The molecular weight excluding hydrogens is 266 g/mol. The molecule has 0 saturated heterocycles. The Morgan fingerprint density at radius 3 is 2.33 bits per heavy atom. The van der Waals surface area contributed by atoms with Gasteiger partial charge in [0.15, 0.2) is 0 Å². The Morgan fingerprint density at radius 1 is 1.10 bits per heavy atom. The molecule has 1 aromatic rings. The van der Waals surface area contributed by atoms with E-state index in [9.17, 15) is 9.59 Å². The van der Waals surface area contributed by atoms with E-state index in [2.05, 4.69) is 29.7 Å². The summed E-state index contributed by atoms with van der Waals surface area (Å²) in [7, 11) is 0. The molecule has 2 amide bonds. The zero-order valence-corrected chi connectivity index (χ0v) is 12.8. The number of carbonyl (C=O) groups is 2. The molecule has 0 atom stereocenters. The lowest BCUT2D eigenvalue weighted by Crippen LogP contribution is -2.21. The highest BCUT2D eigenvalue weighted by atomic mass is 16.2. The minimum Gasteiger partial charge on any atom is -0.326 e. The van der Waals surface area contributed by atoms with Crippen molar-refractivity contribution in [1.82, 2.24) is 5.43 Å². The van der Waals surface area contributed by atoms with Gasteiger partial charge in [-0.2, -0.15) is 5.10 Å². The third-order valence-electron chi connectivity index (χ3n) is 2.71. The van der Waals surface area contributed by atoms with Crippen LogP contribution >= 0.6 is 0 Å². The first-order valence-corrected chi connectivity index (χ1v) is 7.14. The lowest BCUT2D eigenvalue weighted by atomic mass is 10.1. The molecule has 2 N–H and O–H groups in total. The van der Waals surface area contributed by atoms with Crippen molar-refractivity contribution in [3.05, 3.63) is 30.3 Å². The molecule has 0 aliphatic carbocycles. The fourth-order valence-electron chi connectivity index (χ4n) is 1.82. The van der Waals surface area contributed by atoms with Crippen molar-refractivity contribution in [3.63, 3.8) is 0 Å². The molecule has 0 bridgehead atoms. The summed E-state index contributed by atoms with van der Waals surface area (Å²) in [4.78, 5) is 23.3. The summed E-state index contributed by atoms with van der Waals surface area (Å²) in [5.41, 5.74) is 4.09. The summed E-state index contributed by atoms with van der Waals surface area (Å²) >= 11 is 0. The van der Waals surface area contributed by atoms with Crippen LogP contribution in [-0.4, -0.2) is 17.5 Å². The highest BCUT2D eigenvalue weighted by Gasteiger charge is 2.07. The van der Waals surface area contributed by atoms with Crippen LogP contribution in [0.5, 0.6) is 0 Å². The van der Waals surface area contributed by atoms with Gasteiger partial charge in [0.05, 0.1) is 0 Å². The molecule has 5 nitrogen and oxygen atoms in total. The maximum Gasteiger partial charge on any atom is 0.240 e. The molecule has 0 fully saturated rings. The number of hydrogen-bond donors (Lipinski definition) is 2. The smallest absolute Gasteiger partial charge is 0.240 e. The van der Waals surface area contributed by atoms with E-state index in [1.807, 2.05) is 25.1 Å². The molecular formula is C16H23N3O2. The quantitative estimate of drug-likeness (QED) is 0.598. The maximum atomic E-state index is 11.7. The number of amides is 2. The van der Waals surface area contributed by atoms with Crippen LogP contribution in [0.1, 0.15) is 40.0 Å². The molecule has 0 aliphatic heterocycles. The molecule has 0 spiro atoms. The van der Waals surface area contributed by atoms with Crippen molar-refractivity contribution in [3.8, 4) is 0 Å². The number of benzene rings is 1. The van der Waals surface area contributed by atoms with Gasteiger partial charge in [0.2, 0.25) is 11.8 Å². The summed E-state index contributed by atoms with van der Waals surface area (Å²) in [5, 5.41) is 6.75. The second-order valence-corrected chi connectivity index (χ2v) is 5.39. The third kappa shape index (κ3) is 7.87. The topological polar surface area (TPSA) is 70.6 Å². The fourth-order valence-corrected chi connectivity index (χ4v) is 1.82. The first kappa shape index (κ1) is 16.9. The van der Waals surface area contributed by atoms with Gasteiger partial charge in [0.1, 0.15) is 0 Å². The monoisotopic (exact) mass is 289 g/mol. The third-order valence-corrected chi connectivity index (χ3v) is 2.71. The summed E-state index contributed by atoms with van der Waals surface area (Å²) in [6.45, 7) is 6.06. The highest BCUT2D eigenvalue weighted by molar-refractivity contribution is 5.93. The van der Waals surface area contributed by atoms with Gasteiger partial charge in [0, 0.05) is 24.2 Å². The number of anilines is 1. The summed E-state index contributed by atoms with van der Waals surface area (Å²) in [6, 6.07) is 9.17. The van der Waals surface area contributed by atoms with Gasteiger partial charge >= 0.3 is 0 Å². The highest BCUT2D eigenvalue weighted by Crippen LogP contribution is 2.06. The molecule has 0 radical (unpaired) electrons. The minimum absolute atomic E-state index is 0.122. The van der Waals surface area contributed by atoms with E-state index in [-0.39, 0.29) is 24.7 Å². The maximum absolute atomic E-state index is 11.7. The zero-order valence-electron chi connectivity index (χ0n) is 12.8. The second kappa shape index (κ2) is 8.89. The van der Waals surface area contributed by atoms with Crippen LogP contribution in [0.4, 0.5) is 5.69 Å². The SMILES string of the molecule is CC(CC(C)C)=NNC(=O)CCC(=O)Nc1ccccc1. The molecule has 5 heteroatoms. The average molecular weight is 289 g/mol. The van der Waals surface area contributed by atoms with Crippen LogP contribution in [-0.2, 0) is 9.59 Å². The van der Waals surface area contributed by atoms with Crippen molar-refractivity contribution in [2.45, 2.75) is 40.0 Å². The van der Waals surface area contributed by atoms with Crippen molar-refractivity contribution >= 4 is 23.2 Å². The van der Waals surface area contributed by atoms with Gasteiger partial charge in [-0.05, 0) is 31.4 Å². The number of nitrogens with one attached hydrogen (secondary N) is 2. The zero-order chi connectivity index (χ0) is 15.7.